The molecular weight excluding hydrogens is 347 g/mol. The second-order valence-electron chi connectivity index (χ2n) is 5.64. The first kappa shape index (κ1) is 13.8. The van der Waals surface area contributed by atoms with Crippen molar-refractivity contribution in [3.63, 3.8) is 0 Å². The Morgan fingerprint density at radius 1 is 0.722 bits per heavy atom. The van der Waals surface area contributed by atoms with Crippen LogP contribution in [0.1, 0.15) is 20.8 Å². The standard InChI is InChI=1S/C16H19ISi/c1-16(2,3)18(17,14-10-6-4-7-11-14)15-12-8-5-9-13-15/h4-13H,1-3H3. The maximum absolute atomic E-state index is 2.75. The van der Waals surface area contributed by atoms with Gasteiger partial charge in [-0.05, 0) is 15.4 Å². The van der Waals surface area contributed by atoms with Gasteiger partial charge >= 0.3 is 0 Å². The van der Waals surface area contributed by atoms with E-state index in [9.17, 15) is 0 Å². The Bertz CT molecular complexity index is 460. The summed E-state index contributed by atoms with van der Waals surface area (Å²) in [4.78, 5) is 0. The Balaban J connectivity index is 2.63. The van der Waals surface area contributed by atoms with Crippen LogP contribution in [0.5, 0.6) is 0 Å². The predicted octanol–water partition coefficient (Wildman–Crippen LogP) is 3.98. The third-order valence-electron chi connectivity index (χ3n) is 3.38. The summed E-state index contributed by atoms with van der Waals surface area (Å²) < 4.78 is 0. The third kappa shape index (κ3) is 2.41. The summed E-state index contributed by atoms with van der Waals surface area (Å²) in [6.45, 7) is 7.10. The summed E-state index contributed by atoms with van der Waals surface area (Å²) in [5.74, 6) is 0. The molecule has 0 N–H and O–H groups in total. The zero-order valence-corrected chi connectivity index (χ0v) is 14.3. The van der Waals surface area contributed by atoms with Gasteiger partial charge in [-0.2, -0.15) is 0 Å². The van der Waals surface area contributed by atoms with Crippen LogP contribution in [0.4, 0.5) is 0 Å². The van der Waals surface area contributed by atoms with Gasteiger partial charge in [0.1, 0.15) is 0 Å². The topological polar surface area (TPSA) is 0 Å². The second kappa shape index (κ2) is 5.17. The Morgan fingerprint density at radius 2 is 1.06 bits per heavy atom. The summed E-state index contributed by atoms with van der Waals surface area (Å²) in [5.41, 5.74) is -1.73. The number of benzene rings is 2. The molecule has 0 saturated carbocycles. The molecule has 0 saturated heterocycles. The fourth-order valence-corrected chi connectivity index (χ4v) is 7.89. The van der Waals surface area contributed by atoms with Crippen molar-refractivity contribution >= 4 is 37.7 Å². The van der Waals surface area contributed by atoms with Crippen molar-refractivity contribution in [2.75, 3.05) is 0 Å². The molecule has 0 aromatic heterocycles. The highest BCUT2D eigenvalue weighted by Crippen LogP contribution is 2.40. The molecule has 0 bridgehead atoms. The third-order valence-corrected chi connectivity index (χ3v) is 16.3. The van der Waals surface area contributed by atoms with Gasteiger partial charge in [-0.1, -0.05) is 81.4 Å². The van der Waals surface area contributed by atoms with Crippen LogP contribution in [-0.4, -0.2) is 5.57 Å². The summed E-state index contributed by atoms with van der Waals surface area (Å²) >= 11 is 2.75. The summed E-state index contributed by atoms with van der Waals surface area (Å²) in [5, 5.41) is 3.30. The van der Waals surface area contributed by atoms with E-state index >= 15 is 0 Å². The zero-order chi connectivity index (χ0) is 13.2. The quantitative estimate of drug-likeness (QED) is 0.429. The Kier molecular flexibility index (Phi) is 3.97. The van der Waals surface area contributed by atoms with Crippen molar-refractivity contribution in [2.24, 2.45) is 0 Å². The maximum Gasteiger partial charge on any atom is 0.191 e. The summed E-state index contributed by atoms with van der Waals surface area (Å²) in [6.07, 6.45) is 0. The fourth-order valence-electron chi connectivity index (χ4n) is 2.37. The van der Waals surface area contributed by atoms with E-state index in [0.717, 1.165) is 0 Å². The van der Waals surface area contributed by atoms with Crippen LogP contribution in [0.25, 0.3) is 0 Å². The SMILES string of the molecule is CC(C)(C)[Si](I)(c1ccccc1)c1ccccc1. The lowest BCUT2D eigenvalue weighted by atomic mass is 10.2. The lowest BCUT2D eigenvalue weighted by Crippen LogP contribution is -2.59. The van der Waals surface area contributed by atoms with Crippen molar-refractivity contribution in [2.45, 2.75) is 25.8 Å². The molecular formula is C16H19ISi. The molecule has 0 spiro atoms. The van der Waals surface area contributed by atoms with Crippen LogP contribution in [0.15, 0.2) is 60.7 Å². The van der Waals surface area contributed by atoms with E-state index in [0.29, 0.717) is 0 Å². The van der Waals surface area contributed by atoms with Gasteiger partial charge in [-0.3, -0.25) is 0 Å². The van der Waals surface area contributed by atoms with Gasteiger partial charge in [-0.25, -0.2) is 0 Å². The molecule has 0 radical (unpaired) electrons. The monoisotopic (exact) mass is 366 g/mol. The molecule has 2 aromatic carbocycles. The number of hydrogen-bond acceptors (Lipinski definition) is 0. The van der Waals surface area contributed by atoms with Crippen molar-refractivity contribution < 1.29 is 0 Å². The molecule has 0 aliphatic rings. The van der Waals surface area contributed by atoms with Crippen LogP contribution < -0.4 is 10.4 Å². The molecule has 0 heterocycles. The number of halogens is 1. The van der Waals surface area contributed by atoms with Gasteiger partial charge in [0.05, 0.1) is 0 Å². The predicted molar refractivity (Wildman–Crippen MR) is 91.6 cm³/mol. The smallest absolute Gasteiger partial charge is 0.106 e. The largest absolute Gasteiger partial charge is 0.191 e. The van der Waals surface area contributed by atoms with Gasteiger partial charge < -0.3 is 0 Å². The summed E-state index contributed by atoms with van der Waals surface area (Å²) in [6, 6.07) is 22.0. The van der Waals surface area contributed by atoms with Crippen molar-refractivity contribution in [1.29, 1.82) is 0 Å². The van der Waals surface area contributed by atoms with Crippen molar-refractivity contribution in [3.8, 4) is 0 Å². The first-order valence-electron chi connectivity index (χ1n) is 6.26. The van der Waals surface area contributed by atoms with Crippen LogP contribution in [0.2, 0.25) is 5.04 Å². The molecule has 0 aliphatic carbocycles. The minimum absolute atomic E-state index is 0.288. The van der Waals surface area contributed by atoms with E-state index in [1.54, 1.807) is 0 Å². The average Bonchev–Trinajstić information content (AvgIpc) is 2.38. The van der Waals surface area contributed by atoms with Crippen molar-refractivity contribution in [3.05, 3.63) is 60.7 Å². The lowest BCUT2D eigenvalue weighted by molar-refractivity contribution is 0.748. The molecule has 0 amide bonds. The van der Waals surface area contributed by atoms with Crippen LogP contribution in [0.3, 0.4) is 0 Å². The van der Waals surface area contributed by atoms with Gasteiger partial charge in [0.2, 0.25) is 0 Å². The van der Waals surface area contributed by atoms with E-state index in [2.05, 4.69) is 103 Å². The first-order chi connectivity index (χ1) is 8.46. The molecule has 0 atom stereocenters. The van der Waals surface area contributed by atoms with E-state index in [1.807, 2.05) is 0 Å². The molecule has 2 aromatic rings. The molecule has 2 rings (SSSR count). The van der Waals surface area contributed by atoms with Crippen LogP contribution >= 0.6 is 21.8 Å². The highest BCUT2D eigenvalue weighted by Gasteiger charge is 2.45. The minimum atomic E-state index is -1.73. The van der Waals surface area contributed by atoms with E-state index in [4.69, 9.17) is 0 Å². The average molecular weight is 366 g/mol. The van der Waals surface area contributed by atoms with Gasteiger partial charge in [0, 0.05) is 0 Å². The Morgan fingerprint density at radius 3 is 1.33 bits per heavy atom. The first-order valence-corrected chi connectivity index (χ1v) is 11.4. The maximum atomic E-state index is 2.75. The Hall–Kier alpha value is -0.613. The minimum Gasteiger partial charge on any atom is -0.106 e. The molecule has 0 nitrogen and oxygen atoms in total. The molecule has 0 fully saturated rings. The molecule has 94 valence electrons. The van der Waals surface area contributed by atoms with Gasteiger partial charge in [0.15, 0.2) is 5.57 Å². The molecule has 18 heavy (non-hydrogen) atoms. The fraction of sp³-hybridized carbons (Fsp3) is 0.250. The van der Waals surface area contributed by atoms with Crippen molar-refractivity contribution in [1.82, 2.24) is 0 Å². The van der Waals surface area contributed by atoms with E-state index < -0.39 is 5.57 Å². The van der Waals surface area contributed by atoms with Crippen LogP contribution in [-0.2, 0) is 0 Å². The van der Waals surface area contributed by atoms with E-state index in [1.165, 1.54) is 10.4 Å². The highest BCUT2D eigenvalue weighted by atomic mass is 127. The summed E-state index contributed by atoms with van der Waals surface area (Å²) in [7, 11) is 0. The van der Waals surface area contributed by atoms with Gasteiger partial charge in [-0.15, -0.1) is 21.8 Å². The number of rotatable bonds is 2. The second-order valence-corrected chi connectivity index (χ2v) is 14.5. The Labute approximate surface area is 124 Å². The normalized spacial score (nSPS) is 12.4. The van der Waals surface area contributed by atoms with Gasteiger partial charge in [0.25, 0.3) is 0 Å². The van der Waals surface area contributed by atoms with E-state index in [-0.39, 0.29) is 5.04 Å². The zero-order valence-electron chi connectivity index (χ0n) is 11.2. The number of hydrogen-bond donors (Lipinski definition) is 0. The van der Waals surface area contributed by atoms with Crippen LogP contribution in [0, 0.1) is 0 Å². The highest BCUT2D eigenvalue weighted by molar-refractivity contribution is 14.1. The lowest BCUT2D eigenvalue weighted by Gasteiger charge is -2.39. The molecule has 0 unspecified atom stereocenters. The molecule has 2 heteroatoms. The molecule has 0 aliphatic heterocycles.